The molecule has 0 spiro atoms. The summed E-state index contributed by atoms with van der Waals surface area (Å²) in [6, 6.07) is 4.02. The number of nitrogens with zero attached hydrogens (tertiary/aromatic N) is 2. The van der Waals surface area contributed by atoms with Crippen LogP contribution in [0.1, 0.15) is 38.5 Å². The fourth-order valence-electron chi connectivity index (χ4n) is 3.32. The summed E-state index contributed by atoms with van der Waals surface area (Å²) in [5, 5.41) is 12.4. The summed E-state index contributed by atoms with van der Waals surface area (Å²) >= 11 is 0. The molecule has 2 heterocycles. The molecule has 1 amide bonds. The van der Waals surface area contributed by atoms with Crippen molar-refractivity contribution in [1.29, 1.82) is 0 Å². The lowest BCUT2D eigenvalue weighted by molar-refractivity contribution is -0.122. The normalized spacial score (nSPS) is 20.1. The first-order chi connectivity index (χ1) is 11.2. The largest absolute Gasteiger partial charge is 0.468 e. The molecule has 1 aliphatic heterocycles. The van der Waals surface area contributed by atoms with Crippen molar-refractivity contribution in [2.45, 2.75) is 38.8 Å². The number of rotatable bonds is 9. The number of hydrogen-bond donors (Lipinski definition) is 2. The Morgan fingerprint density at radius 1 is 1.52 bits per heavy atom. The predicted molar refractivity (Wildman–Crippen MR) is 89.1 cm³/mol. The molecule has 6 nitrogen and oxygen atoms in total. The highest BCUT2D eigenvalue weighted by molar-refractivity contribution is 5.78. The van der Waals surface area contributed by atoms with Crippen molar-refractivity contribution in [1.82, 2.24) is 15.1 Å². The van der Waals surface area contributed by atoms with Crippen molar-refractivity contribution in [2.75, 3.05) is 39.3 Å². The van der Waals surface area contributed by atoms with Gasteiger partial charge in [0.1, 0.15) is 5.76 Å². The molecular weight excluding hydrogens is 294 g/mol. The molecule has 1 aliphatic rings. The smallest absolute Gasteiger partial charge is 0.234 e. The van der Waals surface area contributed by atoms with E-state index < -0.39 is 0 Å². The highest BCUT2D eigenvalue weighted by Gasteiger charge is 2.26. The first kappa shape index (κ1) is 18.0. The van der Waals surface area contributed by atoms with Crippen LogP contribution in [-0.2, 0) is 4.79 Å². The lowest BCUT2D eigenvalue weighted by Gasteiger charge is -2.29. The van der Waals surface area contributed by atoms with Crippen LogP contribution < -0.4 is 5.32 Å². The Morgan fingerprint density at radius 3 is 2.91 bits per heavy atom. The molecule has 130 valence electrons. The fraction of sp³-hybridized carbons (Fsp3) is 0.706. The highest BCUT2D eigenvalue weighted by Crippen LogP contribution is 2.20. The molecule has 0 saturated carbocycles. The van der Waals surface area contributed by atoms with Gasteiger partial charge in [-0.2, -0.15) is 0 Å². The number of furan rings is 1. The lowest BCUT2D eigenvalue weighted by Crippen LogP contribution is -2.44. The summed E-state index contributed by atoms with van der Waals surface area (Å²) in [4.78, 5) is 16.6. The molecule has 6 heteroatoms. The van der Waals surface area contributed by atoms with Crippen molar-refractivity contribution in [2.24, 2.45) is 0 Å². The number of nitrogens with one attached hydrogen (secondary N) is 1. The number of carbonyl (C=O) groups is 1. The third-order valence-corrected chi connectivity index (χ3v) is 4.67. The molecule has 2 atom stereocenters. The zero-order valence-corrected chi connectivity index (χ0v) is 14.2. The zero-order valence-electron chi connectivity index (χ0n) is 14.2. The SMILES string of the molecule is CCN(CC)[C@H](CNC(=O)CN1CCC[C@H]1CO)c1ccco1. The van der Waals surface area contributed by atoms with Gasteiger partial charge in [0, 0.05) is 12.6 Å². The maximum absolute atomic E-state index is 12.3. The maximum atomic E-state index is 12.3. The van der Waals surface area contributed by atoms with E-state index >= 15 is 0 Å². The van der Waals surface area contributed by atoms with Crippen LogP contribution in [0.3, 0.4) is 0 Å². The summed E-state index contributed by atoms with van der Waals surface area (Å²) in [5.41, 5.74) is 0. The van der Waals surface area contributed by atoms with Crippen LogP contribution in [0.25, 0.3) is 0 Å². The molecular formula is C17H29N3O3. The minimum Gasteiger partial charge on any atom is -0.468 e. The zero-order chi connectivity index (χ0) is 16.7. The summed E-state index contributed by atoms with van der Waals surface area (Å²) in [6.45, 7) is 7.92. The van der Waals surface area contributed by atoms with Crippen molar-refractivity contribution >= 4 is 5.91 Å². The fourth-order valence-corrected chi connectivity index (χ4v) is 3.32. The van der Waals surface area contributed by atoms with Gasteiger partial charge < -0.3 is 14.8 Å². The molecule has 0 unspecified atom stereocenters. The van der Waals surface area contributed by atoms with Gasteiger partial charge in [-0.15, -0.1) is 0 Å². The average molecular weight is 323 g/mol. The number of likely N-dealkylation sites (tertiary alicyclic amines) is 1. The van der Waals surface area contributed by atoms with E-state index in [4.69, 9.17) is 4.42 Å². The summed E-state index contributed by atoms with van der Waals surface area (Å²) in [6.07, 6.45) is 3.69. The molecule has 23 heavy (non-hydrogen) atoms. The topological polar surface area (TPSA) is 69.0 Å². The van der Waals surface area contributed by atoms with E-state index in [2.05, 4.69) is 29.0 Å². The van der Waals surface area contributed by atoms with E-state index in [9.17, 15) is 9.90 Å². The van der Waals surface area contributed by atoms with E-state index in [0.29, 0.717) is 13.1 Å². The average Bonchev–Trinajstić information content (AvgIpc) is 3.22. The highest BCUT2D eigenvalue weighted by atomic mass is 16.3. The predicted octanol–water partition coefficient (Wildman–Crippen LogP) is 1.24. The Bertz CT molecular complexity index is 460. The Hall–Kier alpha value is -1.37. The summed E-state index contributed by atoms with van der Waals surface area (Å²) in [5.74, 6) is 0.887. The van der Waals surface area contributed by atoms with Crippen molar-refractivity contribution in [3.05, 3.63) is 24.2 Å². The molecule has 2 rings (SSSR count). The van der Waals surface area contributed by atoms with Crippen LogP contribution in [0.5, 0.6) is 0 Å². The minimum atomic E-state index is 0.00839. The molecule has 0 aliphatic carbocycles. The summed E-state index contributed by atoms with van der Waals surface area (Å²) in [7, 11) is 0. The van der Waals surface area contributed by atoms with E-state index in [1.165, 1.54) is 0 Å². The molecule has 1 aromatic heterocycles. The van der Waals surface area contributed by atoms with Crippen LogP contribution in [0.2, 0.25) is 0 Å². The second-order valence-electron chi connectivity index (χ2n) is 6.01. The Labute approximate surface area is 138 Å². The van der Waals surface area contributed by atoms with Crippen LogP contribution >= 0.6 is 0 Å². The van der Waals surface area contributed by atoms with Gasteiger partial charge in [-0.05, 0) is 44.6 Å². The summed E-state index contributed by atoms with van der Waals surface area (Å²) < 4.78 is 5.54. The molecule has 0 bridgehead atoms. The third-order valence-electron chi connectivity index (χ3n) is 4.67. The number of aliphatic hydroxyl groups excluding tert-OH is 1. The van der Waals surface area contributed by atoms with Gasteiger partial charge in [0.2, 0.25) is 5.91 Å². The van der Waals surface area contributed by atoms with Gasteiger partial charge in [0.25, 0.3) is 0 Å². The second-order valence-corrected chi connectivity index (χ2v) is 6.01. The standard InChI is InChI=1S/C17H29N3O3/c1-3-19(4-2)15(16-8-6-10-23-16)11-18-17(22)12-20-9-5-7-14(20)13-21/h6,8,10,14-15,21H,3-5,7,9,11-13H2,1-2H3,(H,18,22)/t14-,15+/m0/s1. The molecule has 1 aromatic rings. The molecule has 0 radical (unpaired) electrons. The van der Waals surface area contributed by atoms with E-state index in [1.54, 1.807) is 6.26 Å². The van der Waals surface area contributed by atoms with Gasteiger partial charge in [-0.25, -0.2) is 0 Å². The lowest BCUT2D eigenvalue weighted by atomic mass is 10.2. The molecule has 1 fully saturated rings. The van der Waals surface area contributed by atoms with Gasteiger partial charge in [0.05, 0.1) is 25.5 Å². The Kier molecular flexibility index (Phi) is 7.08. The minimum absolute atomic E-state index is 0.00839. The second kappa shape index (κ2) is 9.05. The van der Waals surface area contributed by atoms with Gasteiger partial charge in [-0.1, -0.05) is 13.8 Å². The van der Waals surface area contributed by atoms with Gasteiger partial charge >= 0.3 is 0 Å². The molecule has 1 saturated heterocycles. The first-order valence-electron chi connectivity index (χ1n) is 8.58. The van der Waals surface area contributed by atoms with Crippen LogP contribution in [0, 0.1) is 0 Å². The monoisotopic (exact) mass is 323 g/mol. The van der Waals surface area contributed by atoms with Crippen LogP contribution in [-0.4, -0.2) is 66.2 Å². The van der Waals surface area contributed by atoms with Crippen LogP contribution in [0.4, 0.5) is 0 Å². The number of aliphatic hydroxyl groups is 1. The van der Waals surface area contributed by atoms with Crippen molar-refractivity contribution in [3.8, 4) is 0 Å². The van der Waals surface area contributed by atoms with E-state index in [-0.39, 0.29) is 24.6 Å². The quantitative estimate of drug-likeness (QED) is 0.715. The Morgan fingerprint density at radius 2 is 2.30 bits per heavy atom. The van der Waals surface area contributed by atoms with Crippen molar-refractivity contribution in [3.63, 3.8) is 0 Å². The first-order valence-corrected chi connectivity index (χ1v) is 8.58. The van der Waals surface area contributed by atoms with Gasteiger partial charge in [0.15, 0.2) is 0 Å². The van der Waals surface area contributed by atoms with Crippen molar-refractivity contribution < 1.29 is 14.3 Å². The number of amides is 1. The third kappa shape index (κ3) is 4.80. The van der Waals surface area contributed by atoms with Crippen LogP contribution in [0.15, 0.2) is 22.8 Å². The number of carbonyl (C=O) groups excluding carboxylic acids is 1. The molecule has 0 aromatic carbocycles. The van der Waals surface area contributed by atoms with E-state index in [1.807, 2.05) is 12.1 Å². The Balaban J connectivity index is 1.89. The molecule has 2 N–H and O–H groups in total. The maximum Gasteiger partial charge on any atom is 0.234 e. The van der Waals surface area contributed by atoms with E-state index in [0.717, 1.165) is 38.2 Å². The van der Waals surface area contributed by atoms with Gasteiger partial charge in [-0.3, -0.25) is 14.6 Å². The number of likely N-dealkylation sites (N-methyl/N-ethyl adjacent to an activating group) is 1. The number of hydrogen-bond acceptors (Lipinski definition) is 5.